The first-order chi connectivity index (χ1) is 11.3. The minimum Gasteiger partial charge on any atom is -0.398 e. The fourth-order valence-corrected chi connectivity index (χ4v) is 3.76. The smallest absolute Gasteiger partial charge is 0.0406 e. The van der Waals surface area contributed by atoms with Gasteiger partial charge in [-0.3, -0.25) is 0 Å². The summed E-state index contributed by atoms with van der Waals surface area (Å²) in [4.78, 5) is 0. The van der Waals surface area contributed by atoms with Gasteiger partial charge in [0.25, 0.3) is 0 Å². The summed E-state index contributed by atoms with van der Waals surface area (Å²) >= 11 is 0. The zero-order valence-corrected chi connectivity index (χ0v) is 12.6. The second-order valence-electron chi connectivity index (χ2n) is 6.06. The molecule has 2 N–H and O–H groups in total. The predicted molar refractivity (Wildman–Crippen MR) is 100.0 cm³/mol. The van der Waals surface area contributed by atoms with Crippen LogP contribution in [0.2, 0.25) is 0 Å². The van der Waals surface area contributed by atoms with E-state index in [0.29, 0.717) is 0 Å². The van der Waals surface area contributed by atoms with Crippen LogP contribution in [0.3, 0.4) is 0 Å². The van der Waals surface area contributed by atoms with Crippen LogP contribution in [0, 0.1) is 0 Å². The summed E-state index contributed by atoms with van der Waals surface area (Å²) in [6.45, 7) is 0. The van der Waals surface area contributed by atoms with E-state index in [0.717, 1.165) is 11.3 Å². The van der Waals surface area contributed by atoms with Crippen molar-refractivity contribution in [1.29, 1.82) is 0 Å². The van der Waals surface area contributed by atoms with Gasteiger partial charge < -0.3 is 5.73 Å². The molecule has 5 aromatic rings. The lowest BCUT2D eigenvalue weighted by Crippen LogP contribution is -1.94. The highest BCUT2D eigenvalue weighted by molar-refractivity contribution is 6.26. The molecular weight excluding hydrogens is 278 g/mol. The number of hydrogen-bond donors (Lipinski definition) is 1. The Labute approximate surface area is 134 Å². The van der Waals surface area contributed by atoms with Gasteiger partial charge in [0, 0.05) is 11.3 Å². The van der Waals surface area contributed by atoms with Crippen molar-refractivity contribution in [3.05, 3.63) is 78.9 Å². The molecular formula is C22H15N. The highest BCUT2D eigenvalue weighted by Crippen LogP contribution is 2.42. The van der Waals surface area contributed by atoms with E-state index in [1.165, 1.54) is 37.9 Å². The summed E-state index contributed by atoms with van der Waals surface area (Å²) in [5.74, 6) is 0. The lowest BCUT2D eigenvalue weighted by molar-refractivity contribution is 1.65. The van der Waals surface area contributed by atoms with Gasteiger partial charge >= 0.3 is 0 Å². The Morgan fingerprint density at radius 1 is 0.565 bits per heavy atom. The average molecular weight is 293 g/mol. The first-order valence-corrected chi connectivity index (χ1v) is 7.84. The lowest BCUT2D eigenvalue weighted by atomic mass is 9.89. The summed E-state index contributed by atoms with van der Waals surface area (Å²) < 4.78 is 0. The maximum absolute atomic E-state index is 6.43. The van der Waals surface area contributed by atoms with Gasteiger partial charge in [0.15, 0.2) is 0 Å². The largest absolute Gasteiger partial charge is 0.398 e. The number of rotatable bonds is 1. The van der Waals surface area contributed by atoms with Crippen molar-refractivity contribution in [3.63, 3.8) is 0 Å². The third-order valence-electron chi connectivity index (χ3n) is 4.74. The van der Waals surface area contributed by atoms with Crippen LogP contribution in [0.1, 0.15) is 0 Å². The van der Waals surface area contributed by atoms with E-state index in [2.05, 4.69) is 72.8 Å². The molecule has 0 radical (unpaired) electrons. The topological polar surface area (TPSA) is 26.0 Å². The van der Waals surface area contributed by atoms with E-state index in [9.17, 15) is 0 Å². The Hall–Kier alpha value is -3.06. The van der Waals surface area contributed by atoms with Gasteiger partial charge in [0.2, 0.25) is 0 Å². The van der Waals surface area contributed by atoms with E-state index in [4.69, 9.17) is 5.73 Å². The van der Waals surface area contributed by atoms with Crippen molar-refractivity contribution < 1.29 is 0 Å². The number of hydrogen-bond acceptors (Lipinski definition) is 1. The third-order valence-corrected chi connectivity index (χ3v) is 4.74. The van der Waals surface area contributed by atoms with Crippen LogP contribution in [0.25, 0.3) is 43.4 Å². The zero-order valence-electron chi connectivity index (χ0n) is 12.6. The molecule has 0 aliphatic carbocycles. The monoisotopic (exact) mass is 293 g/mol. The van der Waals surface area contributed by atoms with Crippen molar-refractivity contribution >= 4 is 38.0 Å². The Bertz CT molecular complexity index is 1140. The third kappa shape index (κ3) is 1.68. The van der Waals surface area contributed by atoms with Gasteiger partial charge in [-0.1, -0.05) is 72.8 Å². The number of benzene rings is 5. The van der Waals surface area contributed by atoms with Crippen LogP contribution in [0.5, 0.6) is 0 Å². The van der Waals surface area contributed by atoms with Crippen molar-refractivity contribution in [2.45, 2.75) is 0 Å². The first-order valence-electron chi connectivity index (χ1n) is 7.84. The molecule has 0 bridgehead atoms. The van der Waals surface area contributed by atoms with Crippen LogP contribution < -0.4 is 5.73 Å². The molecule has 108 valence electrons. The van der Waals surface area contributed by atoms with E-state index in [1.807, 2.05) is 6.07 Å². The molecule has 0 fully saturated rings. The summed E-state index contributed by atoms with van der Waals surface area (Å²) in [5, 5.41) is 7.65. The van der Waals surface area contributed by atoms with Gasteiger partial charge in [0.05, 0.1) is 0 Å². The predicted octanol–water partition coefficient (Wildman–Crippen LogP) is 5.83. The molecule has 0 aliphatic rings. The van der Waals surface area contributed by atoms with Gasteiger partial charge in [-0.25, -0.2) is 0 Å². The average Bonchev–Trinajstić information content (AvgIpc) is 2.60. The number of anilines is 1. The van der Waals surface area contributed by atoms with Gasteiger partial charge in [-0.2, -0.15) is 0 Å². The fraction of sp³-hybridized carbons (Fsp3) is 0. The number of nitrogens with two attached hydrogens (primary N) is 1. The first kappa shape index (κ1) is 12.5. The van der Waals surface area contributed by atoms with Crippen molar-refractivity contribution in [2.75, 3.05) is 5.73 Å². The summed E-state index contributed by atoms with van der Waals surface area (Å²) in [7, 11) is 0. The Morgan fingerprint density at radius 2 is 1.26 bits per heavy atom. The second kappa shape index (κ2) is 4.47. The fourth-order valence-electron chi connectivity index (χ4n) is 3.76. The molecule has 0 amide bonds. The highest BCUT2D eigenvalue weighted by atomic mass is 14.6. The Balaban J connectivity index is 2.06. The Morgan fingerprint density at radius 3 is 2.04 bits per heavy atom. The standard InChI is InChI=1S/C22H15N/c23-19-13-17-10-9-15-7-4-8-16-11-12-18(22(17)20(15)16)21(19)14-5-2-1-3-6-14/h1-13H,23H2. The van der Waals surface area contributed by atoms with E-state index in [1.54, 1.807) is 0 Å². The van der Waals surface area contributed by atoms with Gasteiger partial charge in [0.1, 0.15) is 0 Å². The molecule has 0 heterocycles. The second-order valence-corrected chi connectivity index (χ2v) is 6.06. The van der Waals surface area contributed by atoms with Crippen LogP contribution in [0.4, 0.5) is 5.69 Å². The SMILES string of the molecule is Nc1cc2ccc3cccc4ccc(c1-c1ccccc1)c2c34. The molecule has 0 unspecified atom stereocenters. The maximum atomic E-state index is 6.43. The molecule has 0 spiro atoms. The lowest BCUT2D eigenvalue weighted by Gasteiger charge is -2.16. The Kier molecular flexibility index (Phi) is 2.42. The summed E-state index contributed by atoms with van der Waals surface area (Å²) in [6.07, 6.45) is 0. The van der Waals surface area contributed by atoms with Gasteiger partial charge in [-0.05, 0) is 43.9 Å². The minimum atomic E-state index is 0.835. The summed E-state index contributed by atoms with van der Waals surface area (Å²) in [5.41, 5.74) is 9.57. The molecule has 0 atom stereocenters. The van der Waals surface area contributed by atoms with Crippen molar-refractivity contribution in [1.82, 2.24) is 0 Å². The molecule has 0 aromatic heterocycles. The quantitative estimate of drug-likeness (QED) is 0.305. The molecule has 0 aliphatic heterocycles. The van der Waals surface area contributed by atoms with Crippen LogP contribution in [0.15, 0.2) is 78.9 Å². The maximum Gasteiger partial charge on any atom is 0.0406 e. The molecule has 0 saturated heterocycles. The van der Waals surface area contributed by atoms with Crippen LogP contribution >= 0.6 is 0 Å². The molecule has 5 rings (SSSR count). The van der Waals surface area contributed by atoms with Crippen LogP contribution in [-0.2, 0) is 0 Å². The highest BCUT2D eigenvalue weighted by Gasteiger charge is 2.14. The molecule has 5 aromatic carbocycles. The molecule has 1 heteroatoms. The van der Waals surface area contributed by atoms with E-state index >= 15 is 0 Å². The van der Waals surface area contributed by atoms with Gasteiger partial charge in [-0.15, -0.1) is 0 Å². The molecule has 1 nitrogen and oxygen atoms in total. The molecule has 0 saturated carbocycles. The van der Waals surface area contributed by atoms with E-state index in [-0.39, 0.29) is 0 Å². The van der Waals surface area contributed by atoms with Crippen LogP contribution in [-0.4, -0.2) is 0 Å². The van der Waals surface area contributed by atoms with E-state index < -0.39 is 0 Å². The molecule has 23 heavy (non-hydrogen) atoms. The van der Waals surface area contributed by atoms with Crippen molar-refractivity contribution in [3.8, 4) is 11.1 Å². The number of nitrogen functional groups attached to an aromatic ring is 1. The zero-order chi connectivity index (χ0) is 15.4. The van der Waals surface area contributed by atoms with Crippen molar-refractivity contribution in [2.24, 2.45) is 0 Å². The summed E-state index contributed by atoms with van der Waals surface area (Å²) in [6, 6.07) is 27.8. The normalized spacial score (nSPS) is 11.7. The minimum absolute atomic E-state index is 0.835.